The Kier molecular flexibility index (Phi) is 10.9. The quantitative estimate of drug-likeness (QED) is 0.417. The second kappa shape index (κ2) is 10.9. The molecule has 6 heteroatoms. The topological polar surface area (TPSA) is 65.7 Å². The van der Waals surface area contributed by atoms with Crippen LogP contribution in [0.3, 0.4) is 0 Å². The molecule has 3 N–H and O–H groups in total. The van der Waals surface area contributed by atoms with Crippen molar-refractivity contribution in [2.45, 2.75) is 46.3 Å². The van der Waals surface area contributed by atoms with E-state index in [2.05, 4.69) is 12.2 Å². The summed E-state index contributed by atoms with van der Waals surface area (Å²) < 4.78 is 17.3. The molecule has 0 saturated heterocycles. The van der Waals surface area contributed by atoms with Crippen LogP contribution in [0, 0.1) is 0 Å². The molecule has 5 nitrogen and oxygen atoms in total. The summed E-state index contributed by atoms with van der Waals surface area (Å²) in [6.07, 6.45) is 2.24. The maximum absolute atomic E-state index is 5.97. The Balaban J connectivity index is 3.83. The highest BCUT2D eigenvalue weighted by atomic mass is 28.4. The molecule has 18 heavy (non-hydrogen) atoms. The van der Waals surface area contributed by atoms with Crippen LogP contribution < -0.4 is 11.1 Å². The van der Waals surface area contributed by atoms with Crippen LogP contribution in [0.5, 0.6) is 0 Å². The monoisotopic (exact) mass is 278 g/mol. The van der Waals surface area contributed by atoms with Gasteiger partial charge in [-0.15, -0.1) is 0 Å². The highest BCUT2D eigenvalue weighted by Gasteiger charge is 2.35. The molecule has 0 bridgehead atoms. The second-order valence-corrected chi connectivity index (χ2v) is 6.88. The van der Waals surface area contributed by atoms with Gasteiger partial charge in [-0.05, 0) is 40.2 Å². The van der Waals surface area contributed by atoms with Crippen LogP contribution >= 0.6 is 0 Å². The molecule has 0 aliphatic rings. The lowest BCUT2D eigenvalue weighted by Crippen LogP contribution is -2.45. The van der Waals surface area contributed by atoms with Crippen LogP contribution in [0.4, 0.5) is 0 Å². The number of hydrogen-bond donors (Lipinski definition) is 2. The van der Waals surface area contributed by atoms with Crippen molar-refractivity contribution in [3.8, 4) is 0 Å². The van der Waals surface area contributed by atoms with Crippen LogP contribution in [0.25, 0.3) is 0 Å². The Hall–Kier alpha value is 0.0169. The predicted octanol–water partition coefficient (Wildman–Crippen LogP) is 1.36. The van der Waals surface area contributed by atoms with Crippen molar-refractivity contribution in [3.63, 3.8) is 0 Å². The van der Waals surface area contributed by atoms with Gasteiger partial charge in [0, 0.05) is 39.0 Å². The average Bonchev–Trinajstić information content (AvgIpc) is 2.29. The van der Waals surface area contributed by atoms with Crippen LogP contribution in [0.15, 0.2) is 0 Å². The largest absolute Gasteiger partial charge is 0.497 e. The van der Waals surface area contributed by atoms with E-state index in [9.17, 15) is 0 Å². The molecule has 0 spiro atoms. The van der Waals surface area contributed by atoms with Gasteiger partial charge in [-0.3, -0.25) is 0 Å². The fourth-order valence-corrected chi connectivity index (χ4v) is 3.92. The van der Waals surface area contributed by atoms with Crippen molar-refractivity contribution in [2.75, 3.05) is 32.8 Å². The fourth-order valence-electron chi connectivity index (χ4n) is 1.80. The van der Waals surface area contributed by atoms with Gasteiger partial charge in [0.05, 0.1) is 0 Å². The molecule has 0 radical (unpaired) electrons. The molecular weight excluding hydrogens is 248 g/mol. The molecule has 0 aromatic rings. The van der Waals surface area contributed by atoms with E-state index >= 15 is 0 Å². The molecular formula is C12H30N2O3Si. The SMILES string of the molecule is CCO[Si](C)(OCC)OC(C)CCCNCCN. The standard InChI is InChI=1S/C12H30N2O3Si/c1-5-15-18(4,16-6-2)17-12(3)8-7-10-14-11-9-13/h12,14H,5-11,13H2,1-4H3. The number of hydrogen-bond acceptors (Lipinski definition) is 5. The molecule has 0 aliphatic heterocycles. The second-order valence-electron chi connectivity index (χ2n) is 4.34. The van der Waals surface area contributed by atoms with Gasteiger partial charge in [0.2, 0.25) is 0 Å². The Morgan fingerprint density at radius 2 is 1.78 bits per heavy atom. The summed E-state index contributed by atoms with van der Waals surface area (Å²) in [6, 6.07) is 0. The summed E-state index contributed by atoms with van der Waals surface area (Å²) in [5, 5.41) is 3.27. The zero-order chi connectivity index (χ0) is 13.9. The predicted molar refractivity (Wildman–Crippen MR) is 76.6 cm³/mol. The fraction of sp³-hybridized carbons (Fsp3) is 1.00. The summed E-state index contributed by atoms with van der Waals surface area (Å²) in [7, 11) is -2.43. The molecule has 0 aliphatic carbocycles. The van der Waals surface area contributed by atoms with Crippen LogP contribution in [0.1, 0.15) is 33.6 Å². The van der Waals surface area contributed by atoms with E-state index in [1.165, 1.54) is 0 Å². The molecule has 110 valence electrons. The number of nitrogens with one attached hydrogen (secondary N) is 1. The third-order valence-electron chi connectivity index (χ3n) is 2.51. The van der Waals surface area contributed by atoms with Gasteiger partial charge >= 0.3 is 8.80 Å². The Morgan fingerprint density at radius 3 is 2.28 bits per heavy atom. The van der Waals surface area contributed by atoms with Crippen molar-refractivity contribution >= 4 is 8.80 Å². The van der Waals surface area contributed by atoms with Crippen molar-refractivity contribution in [1.82, 2.24) is 5.32 Å². The van der Waals surface area contributed by atoms with E-state index in [4.69, 9.17) is 19.0 Å². The van der Waals surface area contributed by atoms with E-state index in [0.717, 1.165) is 25.9 Å². The first-order valence-electron chi connectivity index (χ1n) is 6.94. The third-order valence-corrected chi connectivity index (χ3v) is 4.97. The summed E-state index contributed by atoms with van der Waals surface area (Å²) in [4.78, 5) is 0. The zero-order valence-corrected chi connectivity index (χ0v) is 13.3. The zero-order valence-electron chi connectivity index (χ0n) is 12.3. The molecule has 0 aromatic carbocycles. The lowest BCUT2D eigenvalue weighted by molar-refractivity contribution is 0.0410. The van der Waals surface area contributed by atoms with Gasteiger partial charge in [0.1, 0.15) is 0 Å². The summed E-state index contributed by atoms with van der Waals surface area (Å²) in [5.41, 5.74) is 5.41. The van der Waals surface area contributed by atoms with Gasteiger partial charge < -0.3 is 24.3 Å². The first-order valence-corrected chi connectivity index (χ1v) is 9.17. The summed E-state index contributed by atoms with van der Waals surface area (Å²) in [6.45, 7) is 11.8. The molecule has 0 rings (SSSR count). The van der Waals surface area contributed by atoms with Crippen molar-refractivity contribution in [2.24, 2.45) is 5.73 Å². The van der Waals surface area contributed by atoms with Gasteiger partial charge in [-0.25, -0.2) is 0 Å². The molecule has 0 amide bonds. The van der Waals surface area contributed by atoms with Crippen LogP contribution in [0.2, 0.25) is 6.55 Å². The smallest absolute Gasteiger partial charge is 0.374 e. The molecule has 0 fully saturated rings. The molecule has 0 heterocycles. The van der Waals surface area contributed by atoms with E-state index in [1.807, 2.05) is 20.4 Å². The molecule has 1 atom stereocenters. The first-order chi connectivity index (χ1) is 8.58. The minimum Gasteiger partial charge on any atom is -0.374 e. The molecule has 0 aromatic heterocycles. The number of nitrogens with two attached hydrogens (primary N) is 1. The van der Waals surface area contributed by atoms with E-state index in [-0.39, 0.29) is 6.10 Å². The van der Waals surface area contributed by atoms with Crippen molar-refractivity contribution in [1.29, 1.82) is 0 Å². The minimum absolute atomic E-state index is 0.166. The molecule has 1 unspecified atom stereocenters. The lowest BCUT2D eigenvalue weighted by atomic mass is 10.2. The van der Waals surface area contributed by atoms with E-state index in [0.29, 0.717) is 19.8 Å². The normalized spacial score (nSPS) is 13.8. The van der Waals surface area contributed by atoms with Gasteiger partial charge in [0.15, 0.2) is 0 Å². The first kappa shape index (κ1) is 18.0. The van der Waals surface area contributed by atoms with Gasteiger partial charge in [0.25, 0.3) is 0 Å². The Labute approximate surface area is 113 Å². The maximum atomic E-state index is 5.97. The third kappa shape index (κ3) is 9.01. The maximum Gasteiger partial charge on any atom is 0.497 e. The highest BCUT2D eigenvalue weighted by molar-refractivity contribution is 6.59. The number of rotatable bonds is 12. The van der Waals surface area contributed by atoms with Crippen molar-refractivity contribution in [3.05, 3.63) is 0 Å². The Bertz CT molecular complexity index is 190. The minimum atomic E-state index is -2.43. The average molecular weight is 278 g/mol. The van der Waals surface area contributed by atoms with Gasteiger partial charge in [-0.1, -0.05) is 0 Å². The van der Waals surface area contributed by atoms with Crippen LogP contribution in [-0.2, 0) is 13.3 Å². The van der Waals surface area contributed by atoms with Crippen LogP contribution in [-0.4, -0.2) is 47.8 Å². The highest BCUT2D eigenvalue weighted by Crippen LogP contribution is 2.14. The van der Waals surface area contributed by atoms with Crippen molar-refractivity contribution < 1.29 is 13.3 Å². The molecule has 0 saturated carbocycles. The lowest BCUT2D eigenvalue weighted by Gasteiger charge is -2.28. The van der Waals surface area contributed by atoms with E-state index < -0.39 is 8.80 Å². The Morgan fingerprint density at radius 1 is 1.17 bits per heavy atom. The summed E-state index contributed by atoms with van der Waals surface area (Å²) in [5.74, 6) is 0. The summed E-state index contributed by atoms with van der Waals surface area (Å²) >= 11 is 0. The van der Waals surface area contributed by atoms with Gasteiger partial charge in [-0.2, -0.15) is 0 Å². The van der Waals surface area contributed by atoms with E-state index in [1.54, 1.807) is 0 Å².